The Bertz CT molecular complexity index is 808. The molecule has 1 aliphatic carbocycles. The largest absolute Gasteiger partial charge is 0.493 e. The smallest absolute Gasteiger partial charge is 0.246 e. The molecule has 1 heterocycles. The van der Waals surface area contributed by atoms with E-state index in [2.05, 4.69) is 6.92 Å². The van der Waals surface area contributed by atoms with Gasteiger partial charge in [-0.3, -0.25) is 4.79 Å². The molecule has 0 N–H and O–H groups in total. The second-order valence-electron chi connectivity index (χ2n) is 6.74. The summed E-state index contributed by atoms with van der Waals surface area (Å²) >= 11 is 0. The molecule has 1 amide bonds. The van der Waals surface area contributed by atoms with Crippen molar-refractivity contribution in [3.05, 3.63) is 53.5 Å². The number of nitrogens with zero attached hydrogens (tertiary/aromatic N) is 1. The van der Waals surface area contributed by atoms with Gasteiger partial charge in [-0.1, -0.05) is 19.1 Å². The molecule has 1 aromatic carbocycles. The van der Waals surface area contributed by atoms with Crippen molar-refractivity contribution in [2.24, 2.45) is 5.92 Å². The van der Waals surface area contributed by atoms with E-state index in [1.807, 2.05) is 30.3 Å². The normalized spacial score (nSPS) is 18.8. The SMILES string of the molecule is COc1cccc(CN(C)C(=O)/C=C/c2ccc(C3CC3C)o2)c1OC. The third-order valence-electron chi connectivity index (χ3n) is 4.78. The van der Waals surface area contributed by atoms with Gasteiger partial charge in [-0.2, -0.15) is 0 Å². The van der Waals surface area contributed by atoms with Crippen LogP contribution in [-0.4, -0.2) is 32.1 Å². The molecule has 0 bridgehead atoms. The Kier molecular flexibility index (Phi) is 5.35. The van der Waals surface area contributed by atoms with Crippen LogP contribution in [0.15, 0.2) is 40.8 Å². The summed E-state index contributed by atoms with van der Waals surface area (Å²) in [4.78, 5) is 14.0. The van der Waals surface area contributed by atoms with Crippen molar-refractivity contribution < 1.29 is 18.7 Å². The molecule has 5 heteroatoms. The van der Waals surface area contributed by atoms with Crippen LogP contribution in [0.3, 0.4) is 0 Å². The Hall–Kier alpha value is -2.69. The minimum atomic E-state index is -0.104. The molecule has 2 unspecified atom stereocenters. The molecule has 26 heavy (non-hydrogen) atoms. The number of para-hydroxylation sites is 1. The van der Waals surface area contributed by atoms with Gasteiger partial charge in [0, 0.05) is 31.1 Å². The highest BCUT2D eigenvalue weighted by molar-refractivity contribution is 5.91. The van der Waals surface area contributed by atoms with E-state index in [1.165, 1.54) is 12.5 Å². The Morgan fingerprint density at radius 1 is 1.27 bits per heavy atom. The zero-order chi connectivity index (χ0) is 18.7. The van der Waals surface area contributed by atoms with E-state index in [0.717, 1.165) is 11.3 Å². The van der Waals surface area contributed by atoms with Crippen LogP contribution in [0.5, 0.6) is 11.5 Å². The number of furan rings is 1. The number of hydrogen-bond acceptors (Lipinski definition) is 4. The number of benzene rings is 1. The van der Waals surface area contributed by atoms with Gasteiger partial charge in [0.2, 0.25) is 5.91 Å². The van der Waals surface area contributed by atoms with Gasteiger partial charge >= 0.3 is 0 Å². The second kappa shape index (κ2) is 7.68. The zero-order valence-electron chi connectivity index (χ0n) is 15.7. The summed E-state index contributed by atoms with van der Waals surface area (Å²) in [5.74, 6) is 4.15. The molecule has 2 aromatic rings. The van der Waals surface area contributed by atoms with Gasteiger partial charge in [0.15, 0.2) is 11.5 Å². The first-order chi connectivity index (χ1) is 12.5. The lowest BCUT2D eigenvalue weighted by Gasteiger charge is -2.18. The minimum Gasteiger partial charge on any atom is -0.493 e. The number of amides is 1. The average molecular weight is 355 g/mol. The molecule has 1 aliphatic rings. The van der Waals surface area contributed by atoms with Crippen molar-refractivity contribution in [1.82, 2.24) is 4.90 Å². The van der Waals surface area contributed by atoms with Gasteiger partial charge in [-0.15, -0.1) is 0 Å². The Labute approximate surface area is 154 Å². The predicted octanol–water partition coefficient (Wildman–Crippen LogP) is 4.09. The van der Waals surface area contributed by atoms with Gasteiger partial charge in [-0.05, 0) is 36.6 Å². The highest BCUT2D eigenvalue weighted by atomic mass is 16.5. The van der Waals surface area contributed by atoms with Crippen LogP contribution >= 0.6 is 0 Å². The van der Waals surface area contributed by atoms with Crippen LogP contribution in [0.2, 0.25) is 0 Å². The van der Waals surface area contributed by atoms with Gasteiger partial charge < -0.3 is 18.8 Å². The average Bonchev–Trinajstić information content (AvgIpc) is 3.19. The lowest BCUT2D eigenvalue weighted by atomic mass is 10.1. The molecule has 1 aromatic heterocycles. The van der Waals surface area contributed by atoms with Crippen molar-refractivity contribution in [2.45, 2.75) is 25.8 Å². The molecule has 0 radical (unpaired) electrons. The van der Waals surface area contributed by atoms with E-state index in [4.69, 9.17) is 13.9 Å². The summed E-state index contributed by atoms with van der Waals surface area (Å²) in [6.45, 7) is 2.64. The third kappa shape index (κ3) is 3.93. The van der Waals surface area contributed by atoms with Crippen LogP contribution in [0, 0.1) is 5.92 Å². The van der Waals surface area contributed by atoms with Crippen LogP contribution in [0.1, 0.15) is 36.3 Å². The highest BCUT2D eigenvalue weighted by Gasteiger charge is 2.36. The maximum Gasteiger partial charge on any atom is 0.246 e. The van der Waals surface area contributed by atoms with Gasteiger partial charge in [0.05, 0.1) is 14.2 Å². The number of methoxy groups -OCH3 is 2. The molecule has 0 spiro atoms. The lowest BCUT2D eigenvalue weighted by Crippen LogP contribution is -2.24. The molecule has 1 saturated carbocycles. The van der Waals surface area contributed by atoms with Gasteiger partial charge in [0.1, 0.15) is 11.5 Å². The summed E-state index contributed by atoms with van der Waals surface area (Å²) in [5, 5.41) is 0. The summed E-state index contributed by atoms with van der Waals surface area (Å²) < 4.78 is 16.5. The minimum absolute atomic E-state index is 0.104. The van der Waals surface area contributed by atoms with Gasteiger partial charge in [-0.25, -0.2) is 0 Å². The molecule has 5 nitrogen and oxygen atoms in total. The van der Waals surface area contributed by atoms with Crippen molar-refractivity contribution in [2.75, 3.05) is 21.3 Å². The summed E-state index contributed by atoms with van der Waals surface area (Å²) in [6, 6.07) is 9.55. The molecular formula is C21H25NO4. The number of ether oxygens (including phenoxy) is 2. The van der Waals surface area contributed by atoms with E-state index in [0.29, 0.717) is 35.6 Å². The number of carbonyl (C=O) groups excluding carboxylic acids is 1. The Morgan fingerprint density at radius 2 is 2.04 bits per heavy atom. The van der Waals surface area contributed by atoms with Crippen molar-refractivity contribution in [3.8, 4) is 11.5 Å². The molecule has 2 atom stereocenters. The highest BCUT2D eigenvalue weighted by Crippen LogP contribution is 2.47. The first-order valence-corrected chi connectivity index (χ1v) is 8.76. The molecule has 3 rings (SSSR count). The van der Waals surface area contributed by atoms with E-state index in [1.54, 1.807) is 32.2 Å². The van der Waals surface area contributed by atoms with E-state index < -0.39 is 0 Å². The maximum atomic E-state index is 12.4. The fourth-order valence-electron chi connectivity index (χ4n) is 3.07. The van der Waals surface area contributed by atoms with Crippen molar-refractivity contribution >= 4 is 12.0 Å². The number of hydrogen-bond donors (Lipinski definition) is 0. The van der Waals surface area contributed by atoms with Crippen LogP contribution in [0.4, 0.5) is 0 Å². The number of carbonyl (C=O) groups is 1. The third-order valence-corrected chi connectivity index (χ3v) is 4.78. The van der Waals surface area contributed by atoms with Crippen molar-refractivity contribution in [3.63, 3.8) is 0 Å². The Morgan fingerprint density at radius 3 is 2.69 bits per heavy atom. The fraction of sp³-hybridized carbons (Fsp3) is 0.381. The zero-order valence-corrected chi connectivity index (χ0v) is 15.7. The fourth-order valence-corrected chi connectivity index (χ4v) is 3.07. The lowest BCUT2D eigenvalue weighted by molar-refractivity contribution is -0.125. The topological polar surface area (TPSA) is 51.9 Å². The molecule has 1 fully saturated rings. The predicted molar refractivity (Wildman–Crippen MR) is 100 cm³/mol. The van der Waals surface area contributed by atoms with E-state index in [-0.39, 0.29) is 5.91 Å². The number of rotatable bonds is 7. The maximum absolute atomic E-state index is 12.4. The first kappa shape index (κ1) is 18.1. The van der Waals surface area contributed by atoms with Crippen LogP contribution < -0.4 is 9.47 Å². The van der Waals surface area contributed by atoms with Crippen LogP contribution in [0.25, 0.3) is 6.08 Å². The van der Waals surface area contributed by atoms with Crippen molar-refractivity contribution in [1.29, 1.82) is 0 Å². The molecule has 138 valence electrons. The second-order valence-corrected chi connectivity index (χ2v) is 6.74. The van der Waals surface area contributed by atoms with E-state index in [9.17, 15) is 4.79 Å². The molecule has 0 saturated heterocycles. The Balaban J connectivity index is 1.64. The standard InChI is InChI=1S/C21H25NO4/c1-14-12-17(14)18-10-8-16(26-18)9-11-20(23)22(2)13-15-6-5-7-19(24-3)21(15)25-4/h5-11,14,17H,12-13H2,1-4H3/b11-9+. The summed E-state index contributed by atoms with van der Waals surface area (Å²) in [7, 11) is 4.95. The monoisotopic (exact) mass is 355 g/mol. The molecular weight excluding hydrogens is 330 g/mol. The number of likely N-dealkylation sites (N-methyl/N-ethyl adjacent to an activating group) is 1. The molecule has 0 aliphatic heterocycles. The first-order valence-electron chi connectivity index (χ1n) is 8.76. The quantitative estimate of drug-likeness (QED) is 0.702. The summed E-state index contributed by atoms with van der Waals surface area (Å²) in [6.07, 6.45) is 4.44. The van der Waals surface area contributed by atoms with Gasteiger partial charge in [0.25, 0.3) is 0 Å². The summed E-state index contributed by atoms with van der Waals surface area (Å²) in [5.41, 5.74) is 0.888. The van der Waals surface area contributed by atoms with Crippen LogP contribution in [-0.2, 0) is 11.3 Å². The van der Waals surface area contributed by atoms with E-state index >= 15 is 0 Å².